The van der Waals surface area contributed by atoms with Crippen LogP contribution in [0.5, 0.6) is 5.75 Å². The molecule has 2 aromatic carbocycles. The molecule has 5 nitrogen and oxygen atoms in total. The number of imidazole rings is 1. The topological polar surface area (TPSA) is 50.5 Å². The van der Waals surface area contributed by atoms with Gasteiger partial charge in [-0.15, -0.1) is 0 Å². The van der Waals surface area contributed by atoms with Gasteiger partial charge in [0.25, 0.3) is 0 Å². The van der Waals surface area contributed by atoms with Crippen molar-refractivity contribution in [1.82, 2.24) is 14.5 Å². The highest BCUT2D eigenvalue weighted by Gasteiger charge is 2.31. The quantitative estimate of drug-likeness (QED) is 0.642. The molecule has 2 atom stereocenters. The molecule has 3 aromatic rings. The molecule has 1 aliphatic heterocycles. The van der Waals surface area contributed by atoms with Gasteiger partial charge in [0.15, 0.2) is 0 Å². The van der Waals surface area contributed by atoms with Crippen molar-refractivity contribution in [2.45, 2.75) is 31.3 Å². The number of aryl methyl sites for hydroxylation is 1. The van der Waals surface area contributed by atoms with Crippen LogP contribution in [-0.2, 0) is 26.2 Å². The Morgan fingerprint density at radius 2 is 1.84 bits per heavy atom. The predicted molar refractivity (Wildman–Crippen MR) is 109 cm³/mol. The molecule has 0 bridgehead atoms. The predicted octanol–water partition coefficient (Wildman–Crippen LogP) is 3.98. The Kier molecular flexibility index (Phi) is 6.02. The van der Waals surface area contributed by atoms with Gasteiger partial charge in [-0.2, -0.15) is 13.2 Å². The van der Waals surface area contributed by atoms with Gasteiger partial charge in [-0.05, 0) is 41.8 Å². The van der Waals surface area contributed by atoms with E-state index in [1.165, 1.54) is 23.3 Å². The van der Waals surface area contributed by atoms with E-state index in [0.717, 1.165) is 24.2 Å². The summed E-state index contributed by atoms with van der Waals surface area (Å²) in [6.45, 7) is 1.04. The number of β-amino-alcohol motifs (C(OH)–C–C–N with tert-alkyl or cyclic N) is 1. The van der Waals surface area contributed by atoms with Crippen LogP contribution in [0.2, 0.25) is 0 Å². The lowest BCUT2D eigenvalue weighted by atomic mass is 9.92. The summed E-state index contributed by atoms with van der Waals surface area (Å²) in [7, 11) is 1.95. The number of aliphatic hydroxyl groups is 1. The Morgan fingerprint density at radius 1 is 1.13 bits per heavy atom. The first-order chi connectivity index (χ1) is 14.8. The number of halogens is 3. The van der Waals surface area contributed by atoms with Crippen molar-refractivity contribution in [3.8, 4) is 5.75 Å². The maximum atomic E-state index is 12.7. The number of aliphatic hydroxyl groups excluding tert-OH is 1. The fraction of sp³-hybridized carbons (Fsp3) is 0.348. The van der Waals surface area contributed by atoms with Crippen molar-refractivity contribution in [2.75, 3.05) is 13.2 Å². The van der Waals surface area contributed by atoms with E-state index in [0.29, 0.717) is 18.8 Å². The van der Waals surface area contributed by atoms with E-state index in [-0.39, 0.29) is 12.6 Å². The lowest BCUT2D eigenvalue weighted by Gasteiger charge is -2.38. The molecule has 31 heavy (non-hydrogen) atoms. The minimum absolute atomic E-state index is 0.0123. The first-order valence-electron chi connectivity index (χ1n) is 10.1. The first-order valence-corrected chi connectivity index (χ1v) is 10.1. The third kappa shape index (κ3) is 4.91. The molecule has 0 aliphatic carbocycles. The van der Waals surface area contributed by atoms with E-state index in [1.807, 2.05) is 29.9 Å². The molecule has 1 aliphatic rings. The number of nitrogens with zero attached hydrogens (tertiary/aromatic N) is 3. The van der Waals surface area contributed by atoms with Crippen molar-refractivity contribution in [3.63, 3.8) is 0 Å². The molecule has 1 aromatic heterocycles. The molecule has 0 fully saturated rings. The number of hydrogen-bond acceptors (Lipinski definition) is 4. The Hall–Kier alpha value is -2.84. The summed E-state index contributed by atoms with van der Waals surface area (Å²) in [5.41, 5.74) is 2.83. The molecular weight excluding hydrogens is 407 g/mol. The molecule has 0 saturated heterocycles. The van der Waals surface area contributed by atoms with Gasteiger partial charge in [-0.3, -0.25) is 4.90 Å². The van der Waals surface area contributed by atoms with Crippen LogP contribution in [0.25, 0.3) is 0 Å². The average Bonchev–Trinajstić information content (AvgIpc) is 3.17. The highest BCUT2D eigenvalue weighted by molar-refractivity contribution is 5.32. The number of alkyl halides is 3. The Morgan fingerprint density at radius 3 is 2.48 bits per heavy atom. The highest BCUT2D eigenvalue weighted by Crippen LogP contribution is 2.33. The summed E-state index contributed by atoms with van der Waals surface area (Å²) >= 11 is 0. The molecule has 0 amide bonds. The molecule has 1 N–H and O–H groups in total. The first kappa shape index (κ1) is 21.4. The van der Waals surface area contributed by atoms with Crippen molar-refractivity contribution in [2.24, 2.45) is 7.05 Å². The van der Waals surface area contributed by atoms with Crippen LogP contribution in [0.3, 0.4) is 0 Å². The number of aromatic nitrogens is 2. The van der Waals surface area contributed by atoms with Crippen LogP contribution in [-0.4, -0.2) is 38.8 Å². The lowest BCUT2D eigenvalue weighted by molar-refractivity contribution is -0.137. The summed E-state index contributed by atoms with van der Waals surface area (Å²) in [6, 6.07) is 12.8. The summed E-state index contributed by atoms with van der Waals surface area (Å²) < 4.78 is 45.6. The van der Waals surface area contributed by atoms with Gasteiger partial charge in [0.05, 0.1) is 23.6 Å². The second kappa shape index (κ2) is 8.72. The number of hydrogen-bond donors (Lipinski definition) is 1. The number of ether oxygens (including phenoxy) is 1. The van der Waals surface area contributed by atoms with Gasteiger partial charge in [0.1, 0.15) is 18.5 Å². The van der Waals surface area contributed by atoms with Gasteiger partial charge < -0.3 is 14.4 Å². The van der Waals surface area contributed by atoms with Crippen molar-refractivity contribution in [3.05, 3.63) is 83.4 Å². The van der Waals surface area contributed by atoms with E-state index >= 15 is 0 Å². The molecular formula is C23H24F3N3O2. The smallest absolute Gasteiger partial charge is 0.416 e. The monoisotopic (exact) mass is 431 g/mol. The highest BCUT2D eigenvalue weighted by atomic mass is 19.4. The van der Waals surface area contributed by atoms with Crippen LogP contribution in [0, 0.1) is 0 Å². The fourth-order valence-electron chi connectivity index (χ4n) is 4.01. The minimum Gasteiger partial charge on any atom is -0.491 e. The van der Waals surface area contributed by atoms with E-state index in [2.05, 4.69) is 22.0 Å². The molecule has 0 spiro atoms. The van der Waals surface area contributed by atoms with Gasteiger partial charge >= 0.3 is 6.18 Å². The summed E-state index contributed by atoms with van der Waals surface area (Å²) in [5, 5.41) is 10.6. The van der Waals surface area contributed by atoms with Crippen LogP contribution < -0.4 is 4.74 Å². The van der Waals surface area contributed by atoms with Gasteiger partial charge in [-0.25, -0.2) is 4.98 Å². The number of rotatable bonds is 6. The van der Waals surface area contributed by atoms with Crippen LogP contribution >= 0.6 is 0 Å². The van der Waals surface area contributed by atoms with Crippen LogP contribution in [0.15, 0.2) is 61.1 Å². The summed E-state index contributed by atoms with van der Waals surface area (Å²) in [6.07, 6.45) is -0.774. The standard InChI is InChI=1S/C23H24F3N3O2/c1-28-15-27-11-22(28)21-10-16-4-2-3-5-17(16)12-29(21)13-19(30)14-31-20-8-6-18(7-9-20)23(24,25)26/h2-9,11,15,19,21,30H,10,12-14H2,1H3. The van der Waals surface area contributed by atoms with Gasteiger partial charge in [0, 0.05) is 26.3 Å². The second-order valence-electron chi connectivity index (χ2n) is 7.83. The Labute approximate surface area is 178 Å². The maximum absolute atomic E-state index is 12.7. The Bertz CT molecular complexity index is 1020. The van der Waals surface area contributed by atoms with Gasteiger partial charge in [-0.1, -0.05) is 24.3 Å². The second-order valence-corrected chi connectivity index (χ2v) is 7.83. The molecule has 0 saturated carbocycles. The van der Waals surface area contributed by atoms with Crippen LogP contribution in [0.1, 0.15) is 28.4 Å². The zero-order valence-corrected chi connectivity index (χ0v) is 17.1. The van der Waals surface area contributed by atoms with Gasteiger partial charge in [0.2, 0.25) is 0 Å². The van der Waals surface area contributed by atoms with Crippen LogP contribution in [0.4, 0.5) is 13.2 Å². The zero-order valence-electron chi connectivity index (χ0n) is 17.1. The van der Waals surface area contributed by atoms with Crippen molar-refractivity contribution in [1.29, 1.82) is 0 Å². The number of fused-ring (bicyclic) bond motifs is 1. The average molecular weight is 431 g/mol. The zero-order chi connectivity index (χ0) is 22.0. The summed E-state index contributed by atoms with van der Waals surface area (Å²) in [4.78, 5) is 6.43. The van der Waals surface area contributed by atoms with E-state index < -0.39 is 17.8 Å². The molecule has 0 radical (unpaired) electrons. The molecule has 8 heteroatoms. The fourth-order valence-corrected chi connectivity index (χ4v) is 4.01. The SMILES string of the molecule is Cn1cncc1C1Cc2ccccc2CN1CC(O)COc1ccc(C(F)(F)F)cc1. The third-order valence-corrected chi connectivity index (χ3v) is 5.61. The Balaban J connectivity index is 1.43. The van der Waals surface area contributed by atoms with E-state index in [9.17, 15) is 18.3 Å². The molecule has 4 rings (SSSR count). The maximum Gasteiger partial charge on any atom is 0.416 e. The largest absolute Gasteiger partial charge is 0.491 e. The third-order valence-electron chi connectivity index (χ3n) is 5.61. The molecule has 2 heterocycles. The van der Waals surface area contributed by atoms with E-state index in [4.69, 9.17) is 4.74 Å². The normalized spacial score (nSPS) is 17.9. The van der Waals surface area contributed by atoms with E-state index in [1.54, 1.807) is 6.33 Å². The lowest BCUT2D eigenvalue weighted by Crippen LogP contribution is -2.41. The number of benzene rings is 2. The summed E-state index contributed by atoms with van der Waals surface area (Å²) in [5.74, 6) is 0.291. The van der Waals surface area contributed by atoms with Crippen molar-refractivity contribution >= 4 is 0 Å². The molecule has 164 valence electrons. The minimum atomic E-state index is -4.39. The molecule has 2 unspecified atom stereocenters. The van der Waals surface area contributed by atoms with Crippen molar-refractivity contribution < 1.29 is 23.0 Å².